The summed E-state index contributed by atoms with van der Waals surface area (Å²) in [6.07, 6.45) is 1.08. The predicted molar refractivity (Wildman–Crippen MR) is 78.3 cm³/mol. The molecular formula is C16H16O2S. The molecule has 1 atom stereocenters. The molecule has 1 unspecified atom stereocenters. The van der Waals surface area contributed by atoms with Crippen molar-refractivity contribution >= 4 is 11.8 Å². The first kappa shape index (κ1) is 12.4. The van der Waals surface area contributed by atoms with Crippen LogP contribution in [0.2, 0.25) is 0 Å². The maximum Gasteiger partial charge on any atom is 0.119 e. The molecule has 0 fully saturated rings. The van der Waals surface area contributed by atoms with Gasteiger partial charge in [-0.15, -0.1) is 11.8 Å². The molecule has 3 heteroatoms. The third kappa shape index (κ3) is 2.43. The fourth-order valence-electron chi connectivity index (χ4n) is 2.34. The van der Waals surface area contributed by atoms with Crippen LogP contribution in [-0.2, 0) is 6.42 Å². The number of hydrogen-bond donors (Lipinski definition) is 0. The van der Waals surface area contributed by atoms with Crippen LogP contribution in [0.15, 0.2) is 47.4 Å². The monoisotopic (exact) mass is 272 g/mol. The van der Waals surface area contributed by atoms with Crippen molar-refractivity contribution in [3.63, 3.8) is 0 Å². The van der Waals surface area contributed by atoms with Gasteiger partial charge in [0.2, 0.25) is 0 Å². The molecule has 1 heterocycles. The Balaban J connectivity index is 1.82. The average molecular weight is 272 g/mol. The Hall–Kier alpha value is -1.61. The lowest BCUT2D eigenvalue weighted by molar-refractivity contribution is 0.413. The molecule has 1 aliphatic heterocycles. The van der Waals surface area contributed by atoms with E-state index < -0.39 is 0 Å². The second-order valence-electron chi connectivity index (χ2n) is 4.56. The number of methoxy groups -OCH3 is 2. The van der Waals surface area contributed by atoms with Gasteiger partial charge in [0.1, 0.15) is 11.5 Å². The smallest absolute Gasteiger partial charge is 0.119 e. The Kier molecular flexibility index (Phi) is 3.38. The maximum atomic E-state index is 5.28. The third-order valence-electron chi connectivity index (χ3n) is 3.44. The van der Waals surface area contributed by atoms with Crippen LogP contribution in [0.4, 0.5) is 0 Å². The van der Waals surface area contributed by atoms with Gasteiger partial charge in [-0.2, -0.15) is 0 Å². The van der Waals surface area contributed by atoms with E-state index in [9.17, 15) is 0 Å². The normalized spacial score (nSPS) is 17.1. The van der Waals surface area contributed by atoms with Gasteiger partial charge >= 0.3 is 0 Å². The summed E-state index contributed by atoms with van der Waals surface area (Å²) in [6, 6.07) is 14.7. The number of ether oxygens (including phenoxy) is 2. The zero-order chi connectivity index (χ0) is 13.2. The van der Waals surface area contributed by atoms with Crippen LogP contribution in [0.3, 0.4) is 0 Å². The van der Waals surface area contributed by atoms with Gasteiger partial charge in [0.05, 0.1) is 14.2 Å². The maximum absolute atomic E-state index is 5.28. The molecule has 2 nitrogen and oxygen atoms in total. The largest absolute Gasteiger partial charge is 0.497 e. The summed E-state index contributed by atoms with van der Waals surface area (Å²) >= 11 is 1.91. The summed E-state index contributed by atoms with van der Waals surface area (Å²) in [5.41, 5.74) is 2.76. The minimum atomic E-state index is 0.494. The van der Waals surface area contributed by atoms with E-state index in [1.165, 1.54) is 16.0 Å². The third-order valence-corrected chi connectivity index (χ3v) is 4.79. The molecule has 0 aliphatic carbocycles. The molecular weight excluding hydrogens is 256 g/mol. The van der Waals surface area contributed by atoms with E-state index in [-0.39, 0.29) is 0 Å². The van der Waals surface area contributed by atoms with Crippen LogP contribution >= 0.6 is 11.8 Å². The molecule has 0 saturated carbocycles. The van der Waals surface area contributed by atoms with E-state index in [4.69, 9.17) is 9.47 Å². The summed E-state index contributed by atoms with van der Waals surface area (Å²) in [7, 11) is 3.41. The molecule has 0 radical (unpaired) electrons. The lowest BCUT2D eigenvalue weighted by Gasteiger charge is -2.09. The van der Waals surface area contributed by atoms with Gasteiger partial charge in [-0.1, -0.05) is 18.2 Å². The number of thioether (sulfide) groups is 1. The zero-order valence-corrected chi connectivity index (χ0v) is 11.9. The van der Waals surface area contributed by atoms with Crippen LogP contribution in [0.5, 0.6) is 11.5 Å². The Labute approximate surface area is 117 Å². The van der Waals surface area contributed by atoms with Gasteiger partial charge in [0.15, 0.2) is 0 Å². The van der Waals surface area contributed by atoms with E-state index in [1.54, 1.807) is 14.2 Å². The van der Waals surface area contributed by atoms with Crippen LogP contribution in [0.1, 0.15) is 16.4 Å². The molecule has 2 aromatic carbocycles. The van der Waals surface area contributed by atoms with E-state index in [0.29, 0.717) is 5.25 Å². The molecule has 1 aliphatic rings. The Morgan fingerprint density at radius 3 is 2.32 bits per heavy atom. The van der Waals surface area contributed by atoms with Crippen LogP contribution in [0, 0.1) is 0 Å². The molecule has 3 rings (SSSR count). The minimum Gasteiger partial charge on any atom is -0.497 e. The van der Waals surface area contributed by atoms with Crippen molar-refractivity contribution in [1.82, 2.24) is 0 Å². The van der Waals surface area contributed by atoms with Gasteiger partial charge in [0, 0.05) is 10.1 Å². The lowest BCUT2D eigenvalue weighted by atomic mass is 10.0. The Morgan fingerprint density at radius 2 is 1.63 bits per heavy atom. The van der Waals surface area contributed by atoms with Crippen molar-refractivity contribution in [3.8, 4) is 11.5 Å². The summed E-state index contributed by atoms with van der Waals surface area (Å²) in [5.74, 6) is 1.84. The van der Waals surface area contributed by atoms with Crippen molar-refractivity contribution in [2.24, 2.45) is 0 Å². The minimum absolute atomic E-state index is 0.494. The van der Waals surface area contributed by atoms with Crippen molar-refractivity contribution in [2.75, 3.05) is 14.2 Å². The average Bonchev–Trinajstić information content (AvgIpc) is 2.90. The highest BCUT2D eigenvalue weighted by molar-refractivity contribution is 7.99. The van der Waals surface area contributed by atoms with Crippen molar-refractivity contribution < 1.29 is 9.47 Å². The Morgan fingerprint density at radius 1 is 0.947 bits per heavy atom. The van der Waals surface area contributed by atoms with Crippen LogP contribution in [-0.4, -0.2) is 14.2 Å². The lowest BCUT2D eigenvalue weighted by Crippen LogP contribution is -1.92. The second kappa shape index (κ2) is 5.17. The molecule has 0 saturated heterocycles. The Bertz CT molecular complexity index is 578. The van der Waals surface area contributed by atoms with E-state index in [0.717, 1.165) is 17.9 Å². The van der Waals surface area contributed by atoms with Gasteiger partial charge in [0.25, 0.3) is 0 Å². The van der Waals surface area contributed by atoms with E-state index in [1.807, 2.05) is 30.0 Å². The van der Waals surface area contributed by atoms with Gasteiger partial charge < -0.3 is 9.47 Å². The summed E-state index contributed by atoms with van der Waals surface area (Å²) in [4.78, 5) is 1.33. The topological polar surface area (TPSA) is 18.5 Å². The first-order chi connectivity index (χ1) is 9.30. The highest BCUT2D eigenvalue weighted by Gasteiger charge is 2.24. The van der Waals surface area contributed by atoms with Crippen molar-refractivity contribution in [1.29, 1.82) is 0 Å². The second-order valence-corrected chi connectivity index (χ2v) is 5.80. The SMILES string of the molecule is COc1ccc(C2Cc3ccc(OC)cc3S2)cc1. The van der Waals surface area contributed by atoms with Crippen molar-refractivity contribution in [2.45, 2.75) is 16.6 Å². The molecule has 0 spiro atoms. The summed E-state index contributed by atoms with van der Waals surface area (Å²) in [5, 5.41) is 0.494. The van der Waals surface area contributed by atoms with E-state index >= 15 is 0 Å². The molecule has 98 valence electrons. The first-order valence-corrected chi connectivity index (χ1v) is 7.15. The van der Waals surface area contributed by atoms with E-state index in [2.05, 4.69) is 24.3 Å². The predicted octanol–water partition coefficient (Wildman–Crippen LogP) is 4.09. The van der Waals surface area contributed by atoms with Gasteiger partial charge in [-0.3, -0.25) is 0 Å². The molecule has 19 heavy (non-hydrogen) atoms. The van der Waals surface area contributed by atoms with Crippen LogP contribution in [0.25, 0.3) is 0 Å². The molecule has 2 aromatic rings. The van der Waals surface area contributed by atoms with Crippen molar-refractivity contribution in [3.05, 3.63) is 53.6 Å². The molecule has 0 bridgehead atoms. The van der Waals surface area contributed by atoms with Crippen LogP contribution < -0.4 is 9.47 Å². The quantitative estimate of drug-likeness (QED) is 0.838. The standard InChI is InChI=1S/C16H16O2S/c1-17-13-6-3-11(4-7-13)15-9-12-5-8-14(18-2)10-16(12)19-15/h3-8,10,15H,9H2,1-2H3. The number of fused-ring (bicyclic) bond motifs is 1. The molecule has 0 aromatic heterocycles. The number of benzene rings is 2. The fraction of sp³-hybridized carbons (Fsp3) is 0.250. The zero-order valence-electron chi connectivity index (χ0n) is 11.1. The first-order valence-electron chi connectivity index (χ1n) is 6.27. The molecule has 0 amide bonds. The van der Waals surface area contributed by atoms with Gasteiger partial charge in [-0.25, -0.2) is 0 Å². The molecule has 0 N–H and O–H groups in total. The fourth-order valence-corrected chi connectivity index (χ4v) is 3.69. The van der Waals surface area contributed by atoms with Gasteiger partial charge in [-0.05, 0) is 41.8 Å². The number of hydrogen-bond acceptors (Lipinski definition) is 3. The highest BCUT2D eigenvalue weighted by atomic mass is 32.2. The summed E-state index contributed by atoms with van der Waals surface area (Å²) < 4.78 is 10.5. The number of rotatable bonds is 3. The highest BCUT2D eigenvalue weighted by Crippen LogP contribution is 2.47. The summed E-state index contributed by atoms with van der Waals surface area (Å²) in [6.45, 7) is 0.